The summed E-state index contributed by atoms with van der Waals surface area (Å²) in [5, 5.41) is 3.28. The van der Waals surface area contributed by atoms with Gasteiger partial charge in [-0.25, -0.2) is 0 Å². The third-order valence-corrected chi connectivity index (χ3v) is 2.60. The van der Waals surface area contributed by atoms with Crippen LogP contribution in [-0.2, 0) is 14.3 Å². The third-order valence-electron chi connectivity index (χ3n) is 2.60. The van der Waals surface area contributed by atoms with E-state index in [-0.39, 0.29) is 18.5 Å². The monoisotopic (exact) mass is 229 g/mol. The van der Waals surface area contributed by atoms with Crippen LogP contribution in [0.25, 0.3) is 0 Å². The normalized spacial score (nSPS) is 17.9. The van der Waals surface area contributed by atoms with Gasteiger partial charge in [-0.15, -0.1) is 0 Å². The average Bonchev–Trinajstić information content (AvgIpc) is 2.28. The van der Waals surface area contributed by atoms with E-state index < -0.39 is 0 Å². The van der Waals surface area contributed by atoms with Gasteiger partial charge in [0.1, 0.15) is 6.61 Å². The first kappa shape index (κ1) is 13.6. The number of piperidine rings is 1. The standard InChI is InChI=1S/C12H23NO3/c1-10(2)16-9-11(14)5-8-15-12-3-6-13-7-4-12/h10,12-13H,3-9H2,1-2H3. The number of ketones is 1. The van der Waals surface area contributed by atoms with Crippen LogP contribution in [0, 0.1) is 0 Å². The predicted octanol–water partition coefficient (Wildman–Crippen LogP) is 1.14. The van der Waals surface area contributed by atoms with Crippen molar-refractivity contribution in [3.05, 3.63) is 0 Å². The molecule has 0 atom stereocenters. The van der Waals surface area contributed by atoms with Gasteiger partial charge in [0.25, 0.3) is 0 Å². The molecule has 1 fully saturated rings. The second-order valence-corrected chi connectivity index (χ2v) is 4.47. The molecule has 0 aliphatic carbocycles. The van der Waals surface area contributed by atoms with E-state index in [1.54, 1.807) is 0 Å². The molecule has 1 aliphatic heterocycles. The van der Waals surface area contributed by atoms with Gasteiger partial charge in [0.05, 0.1) is 18.8 Å². The minimum Gasteiger partial charge on any atom is -0.378 e. The Morgan fingerprint density at radius 3 is 2.69 bits per heavy atom. The number of rotatable bonds is 7. The summed E-state index contributed by atoms with van der Waals surface area (Å²) in [5.74, 6) is 0.127. The Labute approximate surface area is 97.7 Å². The molecular weight excluding hydrogens is 206 g/mol. The highest BCUT2D eigenvalue weighted by atomic mass is 16.5. The van der Waals surface area contributed by atoms with Gasteiger partial charge in [0.15, 0.2) is 5.78 Å². The van der Waals surface area contributed by atoms with Crippen molar-refractivity contribution in [3.63, 3.8) is 0 Å². The Bertz CT molecular complexity index is 200. The van der Waals surface area contributed by atoms with Crippen molar-refractivity contribution in [1.29, 1.82) is 0 Å². The van der Waals surface area contributed by atoms with Crippen LogP contribution < -0.4 is 5.32 Å². The molecule has 94 valence electrons. The average molecular weight is 229 g/mol. The van der Waals surface area contributed by atoms with Gasteiger partial charge in [-0.3, -0.25) is 4.79 Å². The Kier molecular flexibility index (Phi) is 6.61. The van der Waals surface area contributed by atoms with Crippen LogP contribution in [0.3, 0.4) is 0 Å². The van der Waals surface area contributed by atoms with E-state index in [0.717, 1.165) is 25.9 Å². The van der Waals surface area contributed by atoms with Crippen LogP contribution >= 0.6 is 0 Å². The minimum atomic E-state index is 0.120. The summed E-state index contributed by atoms with van der Waals surface area (Å²) in [7, 11) is 0. The van der Waals surface area contributed by atoms with Crippen molar-refractivity contribution < 1.29 is 14.3 Å². The first-order valence-corrected chi connectivity index (χ1v) is 6.14. The molecule has 0 aromatic heterocycles. The second kappa shape index (κ2) is 7.76. The molecule has 4 nitrogen and oxygen atoms in total. The van der Waals surface area contributed by atoms with Crippen LogP contribution in [0.2, 0.25) is 0 Å². The maximum absolute atomic E-state index is 11.4. The molecule has 1 rings (SSSR count). The lowest BCUT2D eigenvalue weighted by atomic mass is 10.1. The fourth-order valence-corrected chi connectivity index (χ4v) is 1.63. The number of Topliss-reactive ketones (excluding diaryl/α,β-unsaturated/α-hetero) is 1. The molecular formula is C12H23NO3. The highest BCUT2D eigenvalue weighted by Gasteiger charge is 2.13. The van der Waals surface area contributed by atoms with Gasteiger partial charge in [-0.2, -0.15) is 0 Å². The molecule has 4 heteroatoms. The largest absolute Gasteiger partial charge is 0.378 e. The predicted molar refractivity (Wildman–Crippen MR) is 62.6 cm³/mol. The van der Waals surface area contributed by atoms with Crippen molar-refractivity contribution in [2.24, 2.45) is 0 Å². The highest BCUT2D eigenvalue weighted by molar-refractivity contribution is 5.79. The lowest BCUT2D eigenvalue weighted by Crippen LogP contribution is -2.33. The van der Waals surface area contributed by atoms with Crippen molar-refractivity contribution in [2.45, 2.75) is 45.3 Å². The Balaban J connectivity index is 1.99. The molecule has 0 bridgehead atoms. The van der Waals surface area contributed by atoms with Crippen LogP contribution in [0.5, 0.6) is 0 Å². The van der Waals surface area contributed by atoms with Gasteiger partial charge in [-0.05, 0) is 39.8 Å². The zero-order valence-electron chi connectivity index (χ0n) is 10.3. The van der Waals surface area contributed by atoms with Crippen molar-refractivity contribution in [2.75, 3.05) is 26.3 Å². The first-order valence-electron chi connectivity index (χ1n) is 6.14. The highest BCUT2D eigenvalue weighted by Crippen LogP contribution is 2.07. The molecule has 0 radical (unpaired) electrons. The summed E-state index contributed by atoms with van der Waals surface area (Å²) in [5.41, 5.74) is 0. The number of ether oxygens (including phenoxy) is 2. The molecule has 0 aromatic rings. The molecule has 1 N–H and O–H groups in total. The Hall–Kier alpha value is -0.450. The summed E-state index contributed by atoms with van der Waals surface area (Å²) in [6.45, 7) is 6.65. The number of hydrogen-bond donors (Lipinski definition) is 1. The van der Waals surface area contributed by atoms with E-state index in [2.05, 4.69) is 5.32 Å². The summed E-state index contributed by atoms with van der Waals surface area (Å²) in [6.07, 6.45) is 3.03. The van der Waals surface area contributed by atoms with Crippen LogP contribution in [0.1, 0.15) is 33.1 Å². The van der Waals surface area contributed by atoms with E-state index in [9.17, 15) is 4.79 Å². The topological polar surface area (TPSA) is 47.6 Å². The Morgan fingerprint density at radius 2 is 2.06 bits per heavy atom. The van der Waals surface area contributed by atoms with Gasteiger partial charge < -0.3 is 14.8 Å². The maximum Gasteiger partial charge on any atom is 0.160 e. The van der Waals surface area contributed by atoms with E-state index in [1.807, 2.05) is 13.8 Å². The fourth-order valence-electron chi connectivity index (χ4n) is 1.63. The molecule has 0 spiro atoms. The van der Waals surface area contributed by atoms with E-state index >= 15 is 0 Å². The molecule has 0 amide bonds. The molecule has 0 aromatic carbocycles. The quantitative estimate of drug-likeness (QED) is 0.711. The Morgan fingerprint density at radius 1 is 1.38 bits per heavy atom. The van der Waals surface area contributed by atoms with Crippen molar-refractivity contribution in [1.82, 2.24) is 5.32 Å². The van der Waals surface area contributed by atoms with Crippen LogP contribution in [0.15, 0.2) is 0 Å². The van der Waals surface area contributed by atoms with Crippen molar-refractivity contribution in [3.8, 4) is 0 Å². The van der Waals surface area contributed by atoms with Gasteiger partial charge in [-0.1, -0.05) is 0 Å². The van der Waals surface area contributed by atoms with E-state index in [0.29, 0.717) is 19.1 Å². The van der Waals surface area contributed by atoms with E-state index in [1.165, 1.54) is 0 Å². The molecule has 16 heavy (non-hydrogen) atoms. The molecule has 1 aliphatic rings. The third kappa shape index (κ3) is 6.20. The lowest BCUT2D eigenvalue weighted by molar-refractivity contribution is -0.126. The summed E-state index contributed by atoms with van der Waals surface area (Å²) in [6, 6.07) is 0. The first-order chi connectivity index (χ1) is 7.68. The maximum atomic E-state index is 11.4. The summed E-state index contributed by atoms with van der Waals surface area (Å²) in [4.78, 5) is 11.4. The fraction of sp³-hybridized carbons (Fsp3) is 0.917. The smallest absolute Gasteiger partial charge is 0.160 e. The summed E-state index contributed by atoms with van der Waals surface area (Å²) >= 11 is 0. The van der Waals surface area contributed by atoms with Gasteiger partial charge in [0.2, 0.25) is 0 Å². The lowest BCUT2D eigenvalue weighted by Gasteiger charge is -2.22. The minimum absolute atomic E-state index is 0.120. The number of hydrogen-bond acceptors (Lipinski definition) is 4. The molecule has 0 saturated carbocycles. The molecule has 1 saturated heterocycles. The zero-order chi connectivity index (χ0) is 11.8. The number of carbonyl (C=O) groups is 1. The summed E-state index contributed by atoms with van der Waals surface area (Å²) < 4.78 is 10.9. The van der Waals surface area contributed by atoms with Gasteiger partial charge >= 0.3 is 0 Å². The number of nitrogens with one attached hydrogen (secondary N) is 1. The van der Waals surface area contributed by atoms with Gasteiger partial charge in [0, 0.05) is 6.42 Å². The van der Waals surface area contributed by atoms with E-state index in [4.69, 9.17) is 9.47 Å². The molecule has 0 unspecified atom stereocenters. The molecule has 1 heterocycles. The number of carbonyl (C=O) groups excluding carboxylic acids is 1. The second-order valence-electron chi connectivity index (χ2n) is 4.47. The van der Waals surface area contributed by atoms with Crippen LogP contribution in [-0.4, -0.2) is 44.3 Å². The van der Waals surface area contributed by atoms with Crippen LogP contribution in [0.4, 0.5) is 0 Å². The van der Waals surface area contributed by atoms with Crippen molar-refractivity contribution >= 4 is 5.78 Å². The SMILES string of the molecule is CC(C)OCC(=O)CCOC1CCNCC1. The zero-order valence-corrected chi connectivity index (χ0v) is 10.3.